The summed E-state index contributed by atoms with van der Waals surface area (Å²) in [6, 6.07) is 11.3. The first-order chi connectivity index (χ1) is 6.83. The molecule has 0 spiro atoms. The van der Waals surface area contributed by atoms with Gasteiger partial charge in [0, 0.05) is 5.56 Å². The molecule has 0 saturated heterocycles. The lowest BCUT2D eigenvalue weighted by atomic mass is 10.0. The van der Waals surface area contributed by atoms with Crippen LogP contribution in [0.15, 0.2) is 41.5 Å². The van der Waals surface area contributed by atoms with Crippen LogP contribution in [0.3, 0.4) is 0 Å². The maximum absolute atomic E-state index is 9.60. The van der Waals surface area contributed by atoms with Gasteiger partial charge in [-0.3, -0.25) is 0 Å². The van der Waals surface area contributed by atoms with Crippen molar-refractivity contribution < 1.29 is 5.11 Å². The highest BCUT2D eigenvalue weighted by Crippen LogP contribution is 2.27. The Morgan fingerprint density at radius 3 is 2.71 bits per heavy atom. The van der Waals surface area contributed by atoms with Crippen LogP contribution in [0.5, 0.6) is 5.75 Å². The molecule has 0 saturated carbocycles. The molecule has 0 amide bonds. The zero-order valence-corrected chi connectivity index (χ0v) is 7.57. The zero-order chi connectivity index (χ0) is 9.97. The standard InChI is InChI=1S/C11H10N2O/c12-13-7-10-9-4-2-1-3-8(9)5-6-11(10)14/h1-6,12,14H,7H2. The molecule has 2 aromatic carbocycles. The Bertz CT molecular complexity index is 480. The SMILES string of the molecule is N=NCc1c(O)ccc2ccccc12. The van der Waals surface area contributed by atoms with Gasteiger partial charge in [0.25, 0.3) is 0 Å². The third-order valence-electron chi connectivity index (χ3n) is 2.25. The first kappa shape index (κ1) is 8.69. The molecule has 70 valence electrons. The Labute approximate surface area is 81.5 Å². The number of rotatable bonds is 2. The normalized spacial score (nSPS) is 10.3. The fourth-order valence-corrected chi connectivity index (χ4v) is 1.57. The number of fused-ring (bicyclic) bond motifs is 1. The van der Waals surface area contributed by atoms with Crippen LogP contribution in [0.1, 0.15) is 5.56 Å². The van der Waals surface area contributed by atoms with E-state index in [1.807, 2.05) is 30.3 Å². The van der Waals surface area contributed by atoms with E-state index in [4.69, 9.17) is 5.53 Å². The van der Waals surface area contributed by atoms with Crippen LogP contribution in [-0.4, -0.2) is 5.11 Å². The van der Waals surface area contributed by atoms with Crippen molar-refractivity contribution in [1.82, 2.24) is 0 Å². The number of nitrogens with zero attached hydrogens (tertiary/aromatic N) is 1. The van der Waals surface area contributed by atoms with Gasteiger partial charge in [-0.1, -0.05) is 30.3 Å². The highest BCUT2D eigenvalue weighted by molar-refractivity contribution is 5.87. The van der Waals surface area contributed by atoms with E-state index in [1.54, 1.807) is 6.07 Å². The maximum Gasteiger partial charge on any atom is 0.121 e. The summed E-state index contributed by atoms with van der Waals surface area (Å²) in [6.45, 7) is 0.229. The molecule has 2 aromatic rings. The van der Waals surface area contributed by atoms with Gasteiger partial charge >= 0.3 is 0 Å². The largest absolute Gasteiger partial charge is 0.508 e. The third-order valence-corrected chi connectivity index (χ3v) is 2.25. The summed E-state index contributed by atoms with van der Waals surface area (Å²) in [6.07, 6.45) is 0. The molecule has 0 bridgehead atoms. The average Bonchev–Trinajstić information content (AvgIpc) is 2.23. The summed E-state index contributed by atoms with van der Waals surface area (Å²) in [5.41, 5.74) is 7.55. The minimum Gasteiger partial charge on any atom is -0.508 e. The fourth-order valence-electron chi connectivity index (χ4n) is 1.57. The van der Waals surface area contributed by atoms with Gasteiger partial charge in [0.2, 0.25) is 0 Å². The van der Waals surface area contributed by atoms with Gasteiger partial charge in [-0.15, -0.1) is 0 Å². The van der Waals surface area contributed by atoms with E-state index in [0.717, 1.165) is 16.3 Å². The Morgan fingerprint density at radius 2 is 1.93 bits per heavy atom. The number of aromatic hydroxyl groups is 1. The number of hydrogen-bond acceptors (Lipinski definition) is 3. The van der Waals surface area contributed by atoms with E-state index < -0.39 is 0 Å². The molecule has 0 heterocycles. The molecule has 0 aliphatic rings. The third kappa shape index (κ3) is 1.33. The number of phenolic OH excluding ortho intramolecular Hbond substituents is 1. The quantitative estimate of drug-likeness (QED) is 0.695. The first-order valence-corrected chi connectivity index (χ1v) is 4.36. The summed E-state index contributed by atoms with van der Waals surface area (Å²) < 4.78 is 0. The lowest BCUT2D eigenvalue weighted by Crippen LogP contribution is -1.85. The Kier molecular flexibility index (Phi) is 2.14. The van der Waals surface area contributed by atoms with Gasteiger partial charge in [-0.25, -0.2) is 5.53 Å². The predicted octanol–water partition coefficient (Wildman–Crippen LogP) is 3.08. The molecule has 0 unspecified atom stereocenters. The van der Waals surface area contributed by atoms with E-state index in [2.05, 4.69) is 5.11 Å². The lowest BCUT2D eigenvalue weighted by Gasteiger charge is -2.05. The van der Waals surface area contributed by atoms with Crippen molar-refractivity contribution >= 4 is 10.8 Å². The summed E-state index contributed by atoms with van der Waals surface area (Å²) in [5, 5.41) is 14.9. The van der Waals surface area contributed by atoms with Crippen molar-refractivity contribution in [3.05, 3.63) is 42.0 Å². The second-order valence-electron chi connectivity index (χ2n) is 3.10. The molecule has 0 fully saturated rings. The predicted molar refractivity (Wildman–Crippen MR) is 54.5 cm³/mol. The van der Waals surface area contributed by atoms with E-state index >= 15 is 0 Å². The van der Waals surface area contributed by atoms with Crippen LogP contribution in [0.25, 0.3) is 10.8 Å². The van der Waals surface area contributed by atoms with Crippen LogP contribution in [0, 0.1) is 5.53 Å². The molecule has 3 heteroatoms. The van der Waals surface area contributed by atoms with Crippen LogP contribution in [0.2, 0.25) is 0 Å². The number of nitrogens with one attached hydrogen (secondary N) is 1. The van der Waals surface area contributed by atoms with Crippen molar-refractivity contribution in [1.29, 1.82) is 5.53 Å². The van der Waals surface area contributed by atoms with Gasteiger partial charge in [0.15, 0.2) is 0 Å². The summed E-state index contributed by atoms with van der Waals surface area (Å²) >= 11 is 0. The van der Waals surface area contributed by atoms with Gasteiger partial charge in [0.05, 0.1) is 6.54 Å². The van der Waals surface area contributed by atoms with Crippen LogP contribution in [0.4, 0.5) is 0 Å². The Hall–Kier alpha value is -1.90. The molecule has 3 nitrogen and oxygen atoms in total. The fraction of sp³-hybridized carbons (Fsp3) is 0.0909. The van der Waals surface area contributed by atoms with E-state index in [1.165, 1.54) is 0 Å². The van der Waals surface area contributed by atoms with E-state index in [0.29, 0.717) is 0 Å². The maximum atomic E-state index is 9.60. The zero-order valence-electron chi connectivity index (χ0n) is 7.57. The Morgan fingerprint density at radius 1 is 1.14 bits per heavy atom. The van der Waals surface area contributed by atoms with E-state index in [9.17, 15) is 5.11 Å². The highest BCUT2D eigenvalue weighted by atomic mass is 16.3. The molecule has 2 rings (SSSR count). The first-order valence-electron chi connectivity index (χ1n) is 4.36. The molecule has 0 radical (unpaired) electrons. The van der Waals surface area contributed by atoms with Crippen LogP contribution >= 0.6 is 0 Å². The molecular weight excluding hydrogens is 176 g/mol. The smallest absolute Gasteiger partial charge is 0.121 e. The molecular formula is C11H10N2O. The van der Waals surface area contributed by atoms with Gasteiger partial charge in [0.1, 0.15) is 5.75 Å². The Balaban J connectivity index is 2.75. The molecule has 0 atom stereocenters. The van der Waals surface area contributed by atoms with Crippen molar-refractivity contribution in [3.8, 4) is 5.75 Å². The van der Waals surface area contributed by atoms with Gasteiger partial charge < -0.3 is 5.11 Å². The summed E-state index contributed by atoms with van der Waals surface area (Å²) in [5.74, 6) is 0.208. The number of hydrogen-bond donors (Lipinski definition) is 2. The lowest BCUT2D eigenvalue weighted by molar-refractivity contribution is 0.469. The van der Waals surface area contributed by atoms with Crippen molar-refractivity contribution in [2.75, 3.05) is 0 Å². The molecule has 0 aromatic heterocycles. The van der Waals surface area contributed by atoms with Crippen molar-refractivity contribution in [3.63, 3.8) is 0 Å². The monoisotopic (exact) mass is 186 g/mol. The summed E-state index contributed by atoms with van der Waals surface area (Å²) in [7, 11) is 0. The van der Waals surface area contributed by atoms with E-state index in [-0.39, 0.29) is 12.3 Å². The van der Waals surface area contributed by atoms with Gasteiger partial charge in [-0.2, -0.15) is 5.11 Å². The van der Waals surface area contributed by atoms with Gasteiger partial charge in [-0.05, 0) is 16.8 Å². The minimum absolute atomic E-state index is 0.208. The van der Waals surface area contributed by atoms with Crippen LogP contribution < -0.4 is 0 Å². The molecule has 2 N–H and O–H groups in total. The average molecular weight is 186 g/mol. The van der Waals surface area contributed by atoms with Crippen LogP contribution in [-0.2, 0) is 6.54 Å². The van der Waals surface area contributed by atoms with Crippen molar-refractivity contribution in [2.24, 2.45) is 5.11 Å². The second-order valence-corrected chi connectivity index (χ2v) is 3.10. The number of phenols is 1. The topological polar surface area (TPSA) is 56.4 Å². The molecule has 0 aliphatic carbocycles. The minimum atomic E-state index is 0.208. The van der Waals surface area contributed by atoms with Crippen molar-refractivity contribution in [2.45, 2.75) is 6.54 Å². The number of benzene rings is 2. The molecule has 0 aliphatic heterocycles. The molecule has 14 heavy (non-hydrogen) atoms. The summed E-state index contributed by atoms with van der Waals surface area (Å²) in [4.78, 5) is 0. The highest BCUT2D eigenvalue weighted by Gasteiger charge is 2.04. The second kappa shape index (κ2) is 3.46.